The van der Waals surface area contributed by atoms with Crippen molar-refractivity contribution in [2.75, 3.05) is 13.1 Å². The Hall–Kier alpha value is -1.65. The first kappa shape index (κ1) is 12.4. The van der Waals surface area contributed by atoms with Crippen molar-refractivity contribution in [2.45, 2.75) is 25.6 Å². The van der Waals surface area contributed by atoms with E-state index in [9.17, 15) is 0 Å². The van der Waals surface area contributed by atoms with E-state index in [-0.39, 0.29) is 0 Å². The Balaban J connectivity index is 1.80. The summed E-state index contributed by atoms with van der Waals surface area (Å²) in [4.78, 5) is 2.46. The van der Waals surface area contributed by atoms with Gasteiger partial charge in [0.2, 0.25) is 0 Å². The topological polar surface area (TPSA) is 41.3 Å². The molecule has 0 bridgehead atoms. The standard InChI is InChI=1S/C15H19N3O/c1-12-10-18(11-14-7-8-17-19-14)15(9-16-12)13-5-3-2-4-6-13/h2-8,12,15-16H,9-11H2,1H3. The van der Waals surface area contributed by atoms with Gasteiger partial charge >= 0.3 is 0 Å². The van der Waals surface area contributed by atoms with Gasteiger partial charge in [-0.2, -0.15) is 0 Å². The third-order valence-electron chi connectivity index (χ3n) is 3.64. The fourth-order valence-corrected chi connectivity index (χ4v) is 2.69. The van der Waals surface area contributed by atoms with Crippen LogP contribution in [-0.4, -0.2) is 29.2 Å². The van der Waals surface area contributed by atoms with E-state index in [0.717, 1.165) is 25.4 Å². The van der Waals surface area contributed by atoms with Gasteiger partial charge in [0.05, 0.1) is 12.7 Å². The Kier molecular flexibility index (Phi) is 3.62. The molecule has 1 aliphatic rings. The van der Waals surface area contributed by atoms with Gasteiger partial charge < -0.3 is 9.84 Å². The highest BCUT2D eigenvalue weighted by Crippen LogP contribution is 2.25. The smallest absolute Gasteiger partial charge is 0.150 e. The van der Waals surface area contributed by atoms with Crippen LogP contribution in [0.5, 0.6) is 0 Å². The highest BCUT2D eigenvalue weighted by molar-refractivity contribution is 5.20. The average molecular weight is 257 g/mol. The minimum absolute atomic E-state index is 0.391. The largest absolute Gasteiger partial charge is 0.360 e. The molecule has 1 aliphatic heterocycles. The fraction of sp³-hybridized carbons (Fsp3) is 0.400. The summed E-state index contributed by atoms with van der Waals surface area (Å²) in [5.41, 5.74) is 1.35. The maximum atomic E-state index is 5.24. The van der Waals surface area contributed by atoms with Crippen molar-refractivity contribution in [2.24, 2.45) is 0 Å². The second-order valence-electron chi connectivity index (χ2n) is 5.14. The number of hydrogen-bond acceptors (Lipinski definition) is 4. The van der Waals surface area contributed by atoms with Crippen LogP contribution in [0.2, 0.25) is 0 Å². The Morgan fingerprint density at radius 2 is 2.16 bits per heavy atom. The summed E-state index contributed by atoms with van der Waals surface area (Å²) in [5, 5.41) is 7.34. The first-order valence-electron chi connectivity index (χ1n) is 6.75. The van der Waals surface area contributed by atoms with Crippen molar-refractivity contribution in [3.8, 4) is 0 Å². The van der Waals surface area contributed by atoms with Gasteiger partial charge in [-0.25, -0.2) is 0 Å². The molecule has 1 N–H and O–H groups in total. The zero-order valence-corrected chi connectivity index (χ0v) is 11.1. The number of rotatable bonds is 3. The highest BCUT2D eigenvalue weighted by atomic mass is 16.5. The van der Waals surface area contributed by atoms with Crippen LogP contribution in [0.15, 0.2) is 47.1 Å². The van der Waals surface area contributed by atoms with E-state index in [4.69, 9.17) is 4.52 Å². The second kappa shape index (κ2) is 5.55. The molecule has 0 spiro atoms. The molecule has 0 saturated carbocycles. The molecule has 4 heteroatoms. The molecule has 0 radical (unpaired) electrons. The van der Waals surface area contributed by atoms with Crippen LogP contribution >= 0.6 is 0 Å². The number of piperazine rings is 1. The van der Waals surface area contributed by atoms with Crippen molar-refractivity contribution >= 4 is 0 Å². The van der Waals surface area contributed by atoms with E-state index in [1.54, 1.807) is 6.20 Å². The third-order valence-corrected chi connectivity index (χ3v) is 3.64. The number of hydrogen-bond donors (Lipinski definition) is 1. The third kappa shape index (κ3) is 2.85. The summed E-state index contributed by atoms with van der Waals surface area (Å²) in [6, 6.07) is 13.5. The normalized spacial score (nSPS) is 24.5. The molecule has 2 unspecified atom stereocenters. The molecule has 3 rings (SSSR count). The van der Waals surface area contributed by atoms with E-state index < -0.39 is 0 Å². The van der Waals surface area contributed by atoms with E-state index >= 15 is 0 Å². The lowest BCUT2D eigenvalue weighted by atomic mass is 10.0. The summed E-state index contributed by atoms with van der Waals surface area (Å²) in [6.45, 7) is 5.01. The first-order chi connectivity index (χ1) is 9.33. The van der Waals surface area contributed by atoms with Crippen LogP contribution in [0, 0.1) is 0 Å². The number of nitrogens with one attached hydrogen (secondary N) is 1. The minimum atomic E-state index is 0.391. The second-order valence-corrected chi connectivity index (χ2v) is 5.14. The summed E-state index contributed by atoms with van der Waals surface area (Å²) < 4.78 is 5.24. The van der Waals surface area contributed by atoms with E-state index in [2.05, 4.69) is 52.6 Å². The molecular weight excluding hydrogens is 238 g/mol. The van der Waals surface area contributed by atoms with Gasteiger partial charge in [0.25, 0.3) is 0 Å². The molecule has 1 fully saturated rings. The molecule has 1 saturated heterocycles. The molecule has 1 aromatic carbocycles. The van der Waals surface area contributed by atoms with Crippen LogP contribution in [0.3, 0.4) is 0 Å². The van der Waals surface area contributed by atoms with Crippen LogP contribution in [0.4, 0.5) is 0 Å². The fourth-order valence-electron chi connectivity index (χ4n) is 2.69. The Labute approximate surface area is 113 Å². The lowest BCUT2D eigenvalue weighted by Crippen LogP contribution is -2.50. The quantitative estimate of drug-likeness (QED) is 0.915. The van der Waals surface area contributed by atoms with Crippen molar-refractivity contribution < 1.29 is 4.52 Å². The van der Waals surface area contributed by atoms with Crippen molar-refractivity contribution in [3.05, 3.63) is 53.9 Å². The molecule has 2 atom stereocenters. The first-order valence-corrected chi connectivity index (χ1v) is 6.75. The van der Waals surface area contributed by atoms with Gasteiger partial charge in [-0.05, 0) is 12.5 Å². The van der Waals surface area contributed by atoms with Gasteiger partial charge in [-0.15, -0.1) is 0 Å². The molecule has 19 heavy (non-hydrogen) atoms. The molecule has 0 amide bonds. The number of benzene rings is 1. The number of aromatic nitrogens is 1. The van der Waals surface area contributed by atoms with Crippen LogP contribution in [-0.2, 0) is 6.54 Å². The van der Waals surface area contributed by atoms with Crippen LogP contribution < -0.4 is 5.32 Å². The zero-order valence-electron chi connectivity index (χ0n) is 11.1. The molecule has 4 nitrogen and oxygen atoms in total. The Morgan fingerprint density at radius 3 is 2.89 bits per heavy atom. The molecule has 100 valence electrons. The SMILES string of the molecule is CC1CN(Cc2ccno2)C(c2ccccc2)CN1. The van der Waals surface area contributed by atoms with E-state index in [0.29, 0.717) is 12.1 Å². The Morgan fingerprint density at radius 1 is 1.32 bits per heavy atom. The molecule has 2 heterocycles. The molecular formula is C15H19N3O. The van der Waals surface area contributed by atoms with E-state index in [1.807, 2.05) is 6.07 Å². The highest BCUT2D eigenvalue weighted by Gasteiger charge is 2.27. The monoisotopic (exact) mass is 257 g/mol. The van der Waals surface area contributed by atoms with Gasteiger partial charge in [-0.3, -0.25) is 4.90 Å². The molecule has 0 aliphatic carbocycles. The zero-order chi connectivity index (χ0) is 13.1. The lowest BCUT2D eigenvalue weighted by Gasteiger charge is -2.39. The average Bonchev–Trinajstić information content (AvgIpc) is 2.93. The predicted molar refractivity (Wildman–Crippen MR) is 73.6 cm³/mol. The minimum Gasteiger partial charge on any atom is -0.360 e. The predicted octanol–water partition coefficient (Wildman–Crippen LogP) is 2.21. The van der Waals surface area contributed by atoms with Crippen LogP contribution in [0.25, 0.3) is 0 Å². The van der Waals surface area contributed by atoms with Gasteiger partial charge in [0.1, 0.15) is 0 Å². The molecule has 2 aromatic rings. The summed E-state index contributed by atoms with van der Waals surface area (Å²) >= 11 is 0. The maximum absolute atomic E-state index is 5.24. The molecule has 1 aromatic heterocycles. The summed E-state index contributed by atoms with van der Waals surface area (Å²) in [7, 11) is 0. The van der Waals surface area contributed by atoms with E-state index in [1.165, 1.54) is 5.56 Å². The van der Waals surface area contributed by atoms with Gasteiger partial charge in [0, 0.05) is 31.2 Å². The lowest BCUT2D eigenvalue weighted by molar-refractivity contribution is 0.115. The maximum Gasteiger partial charge on any atom is 0.150 e. The van der Waals surface area contributed by atoms with Crippen LogP contribution in [0.1, 0.15) is 24.3 Å². The summed E-state index contributed by atoms with van der Waals surface area (Å²) in [6.07, 6.45) is 1.71. The van der Waals surface area contributed by atoms with Crippen molar-refractivity contribution in [1.29, 1.82) is 0 Å². The van der Waals surface area contributed by atoms with Crippen molar-refractivity contribution in [1.82, 2.24) is 15.4 Å². The van der Waals surface area contributed by atoms with Crippen molar-refractivity contribution in [3.63, 3.8) is 0 Å². The van der Waals surface area contributed by atoms with Gasteiger partial charge in [-0.1, -0.05) is 35.5 Å². The van der Waals surface area contributed by atoms with Gasteiger partial charge in [0.15, 0.2) is 5.76 Å². The number of nitrogens with zero attached hydrogens (tertiary/aromatic N) is 2. The Bertz CT molecular complexity index is 497. The summed E-state index contributed by atoms with van der Waals surface area (Å²) in [5.74, 6) is 0.926.